The number of para-hydroxylation sites is 5. The summed E-state index contributed by atoms with van der Waals surface area (Å²) < 4.78 is 3.99. The summed E-state index contributed by atoms with van der Waals surface area (Å²) in [6, 6.07) is 40.5. The van der Waals surface area contributed by atoms with Gasteiger partial charge in [-0.25, -0.2) is 9.97 Å². The largest absolute Gasteiger partial charge is 0.309 e. The average molecular weight is 489 g/mol. The van der Waals surface area contributed by atoms with E-state index < -0.39 is 0 Å². The van der Waals surface area contributed by atoms with Gasteiger partial charge in [-0.3, -0.25) is 9.20 Å². The molecule has 0 saturated carbocycles. The second-order valence-corrected chi connectivity index (χ2v) is 9.46. The van der Waals surface area contributed by atoms with Crippen molar-refractivity contribution in [1.29, 1.82) is 0 Å². The summed E-state index contributed by atoms with van der Waals surface area (Å²) in [4.78, 5) is 23.7. The molecule has 5 nitrogen and oxygen atoms in total. The molecule has 0 fully saturated rings. The SMILES string of the molecule is O=c1c2ccccc2nc2c(-c3ccc4c(c3)c3ccccc3n4-c3ccccc3)nc3ccccc3n12. The van der Waals surface area contributed by atoms with Crippen LogP contribution in [-0.4, -0.2) is 18.9 Å². The van der Waals surface area contributed by atoms with Gasteiger partial charge in [-0.05, 0) is 54.6 Å². The van der Waals surface area contributed by atoms with E-state index in [4.69, 9.17) is 9.97 Å². The maximum absolute atomic E-state index is 13.7. The van der Waals surface area contributed by atoms with Crippen LogP contribution in [0.2, 0.25) is 0 Å². The minimum atomic E-state index is -0.0905. The van der Waals surface area contributed by atoms with E-state index in [1.165, 1.54) is 0 Å². The predicted octanol–water partition coefficient (Wildman–Crippen LogP) is 7.16. The Kier molecular flexibility index (Phi) is 4.31. The zero-order valence-corrected chi connectivity index (χ0v) is 20.2. The van der Waals surface area contributed by atoms with Crippen molar-refractivity contribution >= 4 is 49.4 Å². The third-order valence-corrected chi connectivity index (χ3v) is 7.30. The van der Waals surface area contributed by atoms with E-state index >= 15 is 0 Å². The molecule has 0 amide bonds. The normalized spacial score (nSPS) is 11.8. The molecular weight excluding hydrogens is 468 g/mol. The lowest BCUT2D eigenvalue weighted by Crippen LogP contribution is -2.17. The summed E-state index contributed by atoms with van der Waals surface area (Å²) >= 11 is 0. The van der Waals surface area contributed by atoms with Crippen LogP contribution in [0.25, 0.3) is 66.3 Å². The number of hydrogen-bond acceptors (Lipinski definition) is 3. The van der Waals surface area contributed by atoms with Crippen LogP contribution in [0.4, 0.5) is 0 Å². The van der Waals surface area contributed by atoms with Gasteiger partial charge in [0.1, 0.15) is 5.69 Å². The molecule has 5 aromatic carbocycles. The van der Waals surface area contributed by atoms with Crippen molar-refractivity contribution in [2.45, 2.75) is 0 Å². The highest BCUT2D eigenvalue weighted by Gasteiger charge is 2.18. The van der Waals surface area contributed by atoms with Crippen molar-refractivity contribution in [3.63, 3.8) is 0 Å². The van der Waals surface area contributed by atoms with Gasteiger partial charge in [0, 0.05) is 22.0 Å². The monoisotopic (exact) mass is 488 g/mol. The van der Waals surface area contributed by atoms with Crippen molar-refractivity contribution in [2.75, 3.05) is 0 Å². The Morgan fingerprint density at radius 2 is 1.18 bits per heavy atom. The lowest BCUT2D eigenvalue weighted by Gasteiger charge is -2.12. The zero-order chi connectivity index (χ0) is 25.2. The minimum Gasteiger partial charge on any atom is -0.309 e. The lowest BCUT2D eigenvalue weighted by atomic mass is 10.1. The highest BCUT2D eigenvalue weighted by atomic mass is 16.1. The fourth-order valence-electron chi connectivity index (χ4n) is 5.60. The molecular formula is C33H20N4O. The van der Waals surface area contributed by atoms with Crippen molar-refractivity contribution in [1.82, 2.24) is 18.9 Å². The Labute approximate surface area is 216 Å². The van der Waals surface area contributed by atoms with Crippen LogP contribution in [-0.2, 0) is 0 Å². The van der Waals surface area contributed by atoms with Gasteiger partial charge in [-0.15, -0.1) is 0 Å². The summed E-state index contributed by atoms with van der Waals surface area (Å²) in [5.74, 6) is 0. The summed E-state index contributed by atoms with van der Waals surface area (Å²) in [5.41, 5.74) is 7.59. The van der Waals surface area contributed by atoms with Crippen LogP contribution < -0.4 is 5.56 Å². The molecule has 0 aliphatic carbocycles. The van der Waals surface area contributed by atoms with E-state index in [9.17, 15) is 4.79 Å². The van der Waals surface area contributed by atoms with Crippen molar-refractivity contribution in [2.24, 2.45) is 0 Å². The van der Waals surface area contributed by atoms with Crippen LogP contribution in [0.3, 0.4) is 0 Å². The quantitative estimate of drug-likeness (QED) is 0.192. The summed E-state index contributed by atoms with van der Waals surface area (Å²) in [6.45, 7) is 0. The molecule has 38 heavy (non-hydrogen) atoms. The second-order valence-electron chi connectivity index (χ2n) is 9.46. The number of benzene rings is 5. The summed E-state index contributed by atoms with van der Waals surface area (Å²) in [6.07, 6.45) is 0. The van der Waals surface area contributed by atoms with Crippen LogP contribution >= 0.6 is 0 Å². The smallest absolute Gasteiger partial charge is 0.266 e. The van der Waals surface area contributed by atoms with Gasteiger partial charge in [0.2, 0.25) is 0 Å². The minimum absolute atomic E-state index is 0.0905. The number of aromatic nitrogens is 4. The first-order chi connectivity index (χ1) is 18.8. The molecule has 0 spiro atoms. The maximum Gasteiger partial charge on any atom is 0.266 e. The molecule has 0 N–H and O–H groups in total. The van der Waals surface area contributed by atoms with Gasteiger partial charge in [0.15, 0.2) is 5.65 Å². The number of nitrogens with zero attached hydrogens (tertiary/aromatic N) is 4. The molecule has 5 heteroatoms. The van der Waals surface area contributed by atoms with Crippen LogP contribution in [0, 0.1) is 0 Å². The van der Waals surface area contributed by atoms with Crippen molar-refractivity contribution in [3.05, 3.63) is 132 Å². The molecule has 0 unspecified atom stereocenters. The van der Waals surface area contributed by atoms with Gasteiger partial charge >= 0.3 is 0 Å². The van der Waals surface area contributed by atoms with E-state index in [0.717, 1.165) is 44.1 Å². The van der Waals surface area contributed by atoms with Gasteiger partial charge in [0.25, 0.3) is 5.56 Å². The molecule has 0 aliphatic heterocycles. The third kappa shape index (κ3) is 2.90. The van der Waals surface area contributed by atoms with E-state index in [0.29, 0.717) is 22.2 Å². The molecule has 0 atom stereocenters. The molecule has 8 aromatic rings. The topological polar surface area (TPSA) is 52.2 Å². The molecule has 0 radical (unpaired) electrons. The highest BCUT2D eigenvalue weighted by Crippen LogP contribution is 2.35. The summed E-state index contributed by atoms with van der Waals surface area (Å²) in [7, 11) is 0. The Balaban J connectivity index is 1.50. The molecule has 178 valence electrons. The summed E-state index contributed by atoms with van der Waals surface area (Å²) in [5, 5.41) is 2.88. The Bertz CT molecular complexity index is 2260. The zero-order valence-electron chi connectivity index (χ0n) is 20.2. The van der Waals surface area contributed by atoms with E-state index in [1.54, 1.807) is 4.40 Å². The van der Waals surface area contributed by atoms with E-state index in [-0.39, 0.29) is 5.56 Å². The molecule has 8 rings (SSSR count). The van der Waals surface area contributed by atoms with Crippen LogP contribution in [0.1, 0.15) is 0 Å². The number of rotatable bonds is 2. The number of hydrogen-bond donors (Lipinski definition) is 0. The third-order valence-electron chi connectivity index (χ3n) is 7.30. The van der Waals surface area contributed by atoms with Crippen molar-refractivity contribution in [3.8, 4) is 16.9 Å². The molecule has 0 aliphatic rings. The van der Waals surface area contributed by atoms with Gasteiger partial charge in [0.05, 0.1) is 33.0 Å². The average Bonchev–Trinajstić information content (AvgIpc) is 3.31. The van der Waals surface area contributed by atoms with Crippen molar-refractivity contribution < 1.29 is 0 Å². The Morgan fingerprint density at radius 1 is 0.526 bits per heavy atom. The van der Waals surface area contributed by atoms with E-state index in [1.807, 2.05) is 54.6 Å². The highest BCUT2D eigenvalue weighted by molar-refractivity contribution is 6.10. The molecule has 0 bridgehead atoms. The molecule has 3 aromatic heterocycles. The first-order valence-electron chi connectivity index (χ1n) is 12.6. The van der Waals surface area contributed by atoms with Gasteiger partial charge in [-0.2, -0.15) is 0 Å². The fourth-order valence-corrected chi connectivity index (χ4v) is 5.60. The van der Waals surface area contributed by atoms with E-state index in [2.05, 4.69) is 71.3 Å². The first-order valence-corrected chi connectivity index (χ1v) is 12.6. The second kappa shape index (κ2) is 7.85. The predicted molar refractivity (Wildman–Crippen MR) is 154 cm³/mol. The lowest BCUT2D eigenvalue weighted by molar-refractivity contribution is 1.11. The Morgan fingerprint density at radius 3 is 2.03 bits per heavy atom. The van der Waals surface area contributed by atoms with Gasteiger partial charge in [-0.1, -0.05) is 66.7 Å². The first kappa shape index (κ1) is 20.9. The van der Waals surface area contributed by atoms with Crippen LogP contribution in [0.5, 0.6) is 0 Å². The number of fused-ring (bicyclic) bond motifs is 7. The fraction of sp³-hybridized carbons (Fsp3) is 0. The van der Waals surface area contributed by atoms with Gasteiger partial charge < -0.3 is 4.57 Å². The molecule has 3 heterocycles. The maximum atomic E-state index is 13.7. The standard InChI is InChI=1S/C33H20N4O/c38-33-24-13-4-6-14-26(24)35-32-31(34-27-15-7-9-17-30(27)37(32)33)21-18-19-29-25(20-21)23-12-5-8-16-28(23)36(29)22-10-2-1-3-11-22/h1-20H. The van der Waals surface area contributed by atoms with Crippen LogP contribution in [0.15, 0.2) is 126 Å². The Hall–Kier alpha value is -5.29. The molecule has 0 saturated heterocycles.